The lowest BCUT2D eigenvalue weighted by Crippen LogP contribution is -2.07. The van der Waals surface area contributed by atoms with Gasteiger partial charge in [-0.05, 0) is 47.4 Å². The predicted molar refractivity (Wildman–Crippen MR) is 67.5 cm³/mol. The summed E-state index contributed by atoms with van der Waals surface area (Å²) in [6.45, 7) is 1.95. The van der Waals surface area contributed by atoms with Gasteiger partial charge in [0.15, 0.2) is 0 Å². The fourth-order valence-corrected chi connectivity index (χ4v) is 2.28. The number of hydrogen-bond acceptors (Lipinski definition) is 0. The molecule has 4 heteroatoms. The zero-order valence-corrected chi connectivity index (χ0v) is 10.5. The van der Waals surface area contributed by atoms with Crippen LogP contribution in [0.25, 0.3) is 10.8 Å². The molecule has 0 aliphatic heterocycles. The maximum absolute atomic E-state index is 13.5. The van der Waals surface area contributed by atoms with Crippen LogP contribution in [0, 0.1) is 5.82 Å². The lowest BCUT2D eigenvalue weighted by molar-refractivity contribution is -0.136. The Labute approximate surface area is 109 Å². The van der Waals surface area contributed by atoms with E-state index in [0.717, 1.165) is 25.0 Å². The van der Waals surface area contributed by atoms with Crippen molar-refractivity contribution in [1.82, 2.24) is 0 Å². The van der Waals surface area contributed by atoms with Crippen molar-refractivity contribution < 1.29 is 17.6 Å². The fraction of sp³-hybridized carbons (Fsp3) is 0.333. The third-order valence-corrected chi connectivity index (χ3v) is 3.13. The van der Waals surface area contributed by atoms with E-state index in [4.69, 9.17) is 0 Å². The van der Waals surface area contributed by atoms with Crippen LogP contribution in [-0.2, 0) is 12.6 Å². The SMILES string of the molecule is CCCCc1cc(F)cc2cccc(C(F)(F)F)c12. The van der Waals surface area contributed by atoms with Crippen molar-refractivity contribution in [3.8, 4) is 0 Å². The van der Waals surface area contributed by atoms with Gasteiger partial charge >= 0.3 is 6.18 Å². The molecule has 0 nitrogen and oxygen atoms in total. The molecule has 0 spiro atoms. The van der Waals surface area contributed by atoms with E-state index in [1.54, 1.807) is 0 Å². The molecule has 0 aromatic heterocycles. The Bertz CT molecular complexity index is 584. The highest BCUT2D eigenvalue weighted by molar-refractivity contribution is 5.89. The maximum atomic E-state index is 13.5. The van der Waals surface area contributed by atoms with Gasteiger partial charge in [0.05, 0.1) is 5.56 Å². The Balaban J connectivity index is 2.71. The summed E-state index contributed by atoms with van der Waals surface area (Å²) < 4.78 is 52.6. The molecule has 0 radical (unpaired) electrons. The summed E-state index contributed by atoms with van der Waals surface area (Å²) in [6, 6.07) is 6.25. The van der Waals surface area contributed by atoms with Gasteiger partial charge in [0.2, 0.25) is 0 Å². The highest BCUT2D eigenvalue weighted by Crippen LogP contribution is 2.37. The second-order valence-corrected chi connectivity index (χ2v) is 4.57. The van der Waals surface area contributed by atoms with E-state index in [9.17, 15) is 17.6 Å². The van der Waals surface area contributed by atoms with Crippen molar-refractivity contribution in [3.05, 3.63) is 47.3 Å². The number of aryl methyl sites for hydroxylation is 1. The molecule has 0 saturated heterocycles. The second-order valence-electron chi connectivity index (χ2n) is 4.57. The van der Waals surface area contributed by atoms with Gasteiger partial charge in [-0.2, -0.15) is 13.2 Å². The van der Waals surface area contributed by atoms with Gasteiger partial charge in [-0.25, -0.2) is 4.39 Å². The second kappa shape index (κ2) is 5.19. The van der Waals surface area contributed by atoms with Gasteiger partial charge in [0.25, 0.3) is 0 Å². The largest absolute Gasteiger partial charge is 0.417 e. The van der Waals surface area contributed by atoms with E-state index in [1.165, 1.54) is 18.2 Å². The lowest BCUT2D eigenvalue weighted by atomic mass is 9.95. The molecular formula is C15H14F4. The van der Waals surface area contributed by atoms with Crippen LogP contribution in [0.1, 0.15) is 30.9 Å². The molecule has 0 fully saturated rings. The van der Waals surface area contributed by atoms with E-state index >= 15 is 0 Å². The molecule has 0 amide bonds. The number of unbranched alkanes of at least 4 members (excludes halogenated alkanes) is 1. The molecule has 0 unspecified atom stereocenters. The Morgan fingerprint density at radius 3 is 2.47 bits per heavy atom. The maximum Gasteiger partial charge on any atom is 0.417 e. The van der Waals surface area contributed by atoms with Crippen molar-refractivity contribution in [2.24, 2.45) is 0 Å². The van der Waals surface area contributed by atoms with Gasteiger partial charge in [-0.1, -0.05) is 25.5 Å². The first-order chi connectivity index (χ1) is 8.93. The van der Waals surface area contributed by atoms with Crippen molar-refractivity contribution >= 4 is 10.8 Å². The molecule has 0 bridgehead atoms. The van der Waals surface area contributed by atoms with Crippen LogP contribution < -0.4 is 0 Å². The van der Waals surface area contributed by atoms with Gasteiger partial charge in [0, 0.05) is 0 Å². The molecule has 2 aromatic carbocycles. The van der Waals surface area contributed by atoms with Gasteiger partial charge in [-0.3, -0.25) is 0 Å². The molecule has 0 heterocycles. The van der Waals surface area contributed by atoms with E-state index in [2.05, 4.69) is 0 Å². The molecule has 0 N–H and O–H groups in total. The first-order valence-electron chi connectivity index (χ1n) is 6.22. The topological polar surface area (TPSA) is 0 Å². The van der Waals surface area contributed by atoms with Crippen LogP contribution in [0.15, 0.2) is 30.3 Å². The normalized spacial score (nSPS) is 12.1. The van der Waals surface area contributed by atoms with Crippen molar-refractivity contribution in [2.45, 2.75) is 32.4 Å². The molecule has 102 valence electrons. The number of benzene rings is 2. The molecule has 0 aliphatic carbocycles. The number of fused-ring (bicyclic) bond motifs is 1. The van der Waals surface area contributed by atoms with Crippen LogP contribution in [-0.4, -0.2) is 0 Å². The Hall–Kier alpha value is -1.58. The molecule has 19 heavy (non-hydrogen) atoms. The van der Waals surface area contributed by atoms with E-state index in [1.807, 2.05) is 6.92 Å². The number of rotatable bonds is 3. The summed E-state index contributed by atoms with van der Waals surface area (Å²) in [6.07, 6.45) is -2.37. The number of alkyl halides is 3. The van der Waals surface area contributed by atoms with Crippen LogP contribution in [0.5, 0.6) is 0 Å². The van der Waals surface area contributed by atoms with E-state index in [-0.39, 0.29) is 5.39 Å². The highest BCUT2D eigenvalue weighted by atomic mass is 19.4. The average molecular weight is 270 g/mol. The van der Waals surface area contributed by atoms with Crippen molar-refractivity contribution in [1.29, 1.82) is 0 Å². The first kappa shape index (κ1) is 13.8. The summed E-state index contributed by atoms with van der Waals surface area (Å²) >= 11 is 0. The predicted octanol–water partition coefficient (Wildman–Crippen LogP) is 5.34. The van der Waals surface area contributed by atoms with Crippen LogP contribution in [0.2, 0.25) is 0 Å². The Morgan fingerprint density at radius 1 is 1.11 bits per heavy atom. The Kier molecular flexibility index (Phi) is 3.78. The number of halogens is 4. The minimum atomic E-state index is -4.42. The zero-order chi connectivity index (χ0) is 14.0. The molecule has 0 aliphatic rings. The van der Waals surface area contributed by atoms with Gasteiger partial charge in [0.1, 0.15) is 5.82 Å². The third kappa shape index (κ3) is 2.88. The monoisotopic (exact) mass is 270 g/mol. The molecule has 2 rings (SSSR count). The summed E-state index contributed by atoms with van der Waals surface area (Å²) in [4.78, 5) is 0. The summed E-state index contributed by atoms with van der Waals surface area (Å²) in [5.74, 6) is -0.488. The van der Waals surface area contributed by atoms with Gasteiger partial charge in [-0.15, -0.1) is 0 Å². The van der Waals surface area contributed by atoms with Crippen LogP contribution in [0.3, 0.4) is 0 Å². The van der Waals surface area contributed by atoms with Gasteiger partial charge < -0.3 is 0 Å². The summed E-state index contributed by atoms with van der Waals surface area (Å²) in [5.41, 5.74) is -0.249. The molecule has 0 atom stereocenters. The average Bonchev–Trinajstić information content (AvgIpc) is 2.33. The van der Waals surface area contributed by atoms with Crippen molar-refractivity contribution in [2.75, 3.05) is 0 Å². The van der Waals surface area contributed by atoms with E-state index in [0.29, 0.717) is 17.4 Å². The fourth-order valence-electron chi connectivity index (χ4n) is 2.28. The quantitative estimate of drug-likeness (QED) is 0.660. The Morgan fingerprint density at radius 2 is 1.84 bits per heavy atom. The number of hydrogen-bond donors (Lipinski definition) is 0. The van der Waals surface area contributed by atoms with E-state index < -0.39 is 17.6 Å². The molecule has 0 saturated carbocycles. The summed E-state index contributed by atoms with van der Waals surface area (Å²) in [7, 11) is 0. The zero-order valence-electron chi connectivity index (χ0n) is 10.5. The van der Waals surface area contributed by atoms with Crippen molar-refractivity contribution in [3.63, 3.8) is 0 Å². The minimum Gasteiger partial charge on any atom is -0.207 e. The molecular weight excluding hydrogens is 256 g/mol. The lowest BCUT2D eigenvalue weighted by Gasteiger charge is -2.14. The summed E-state index contributed by atoms with van der Waals surface area (Å²) in [5, 5.41) is 0.436. The molecule has 2 aromatic rings. The smallest absolute Gasteiger partial charge is 0.207 e. The first-order valence-corrected chi connectivity index (χ1v) is 6.22. The van der Waals surface area contributed by atoms with Crippen LogP contribution >= 0.6 is 0 Å². The van der Waals surface area contributed by atoms with Crippen LogP contribution in [0.4, 0.5) is 17.6 Å². The minimum absolute atomic E-state index is 0.129. The third-order valence-electron chi connectivity index (χ3n) is 3.13. The highest BCUT2D eigenvalue weighted by Gasteiger charge is 2.33. The standard InChI is InChI=1S/C15H14F4/c1-2-3-5-10-8-12(16)9-11-6-4-7-13(14(10)11)15(17,18)19/h4,6-9H,2-3,5H2,1H3.